The second-order valence-corrected chi connectivity index (χ2v) is 6.93. The van der Waals surface area contributed by atoms with Crippen LogP contribution in [-0.4, -0.2) is 34.4 Å². The minimum atomic E-state index is -0.110. The standard InChI is InChI=1S/C18H23ClN4O2/c19-12-5-6-14-15(11-12)23-16(22-14)9-10-20-17(24)7-8-18(25)21-13-3-1-2-4-13/h5-6,11,13H,1-4,7-10H2,(H,20,24)(H,21,25)(H,22,23). The second-order valence-electron chi connectivity index (χ2n) is 6.49. The Morgan fingerprint density at radius 1 is 1.20 bits per heavy atom. The highest BCUT2D eigenvalue weighted by molar-refractivity contribution is 6.31. The number of fused-ring (bicyclic) bond motifs is 1. The summed E-state index contributed by atoms with van der Waals surface area (Å²) in [5.41, 5.74) is 1.74. The summed E-state index contributed by atoms with van der Waals surface area (Å²) < 4.78 is 0. The number of aromatic nitrogens is 2. The maximum Gasteiger partial charge on any atom is 0.220 e. The predicted molar refractivity (Wildman–Crippen MR) is 97.5 cm³/mol. The van der Waals surface area contributed by atoms with Gasteiger partial charge in [-0.1, -0.05) is 24.4 Å². The highest BCUT2D eigenvalue weighted by Gasteiger charge is 2.17. The summed E-state index contributed by atoms with van der Waals surface area (Å²) in [6.07, 6.45) is 5.53. The predicted octanol–water partition coefficient (Wildman–Crippen LogP) is 2.71. The first-order valence-electron chi connectivity index (χ1n) is 8.80. The number of hydrogen-bond donors (Lipinski definition) is 3. The third-order valence-corrected chi connectivity index (χ3v) is 4.71. The number of imidazole rings is 1. The second kappa shape index (κ2) is 8.34. The molecule has 1 aromatic carbocycles. The molecule has 0 saturated heterocycles. The van der Waals surface area contributed by atoms with Gasteiger partial charge in [-0.15, -0.1) is 0 Å². The Morgan fingerprint density at radius 3 is 2.76 bits per heavy atom. The summed E-state index contributed by atoms with van der Waals surface area (Å²) in [5.74, 6) is 0.661. The van der Waals surface area contributed by atoms with E-state index in [-0.39, 0.29) is 24.7 Å². The van der Waals surface area contributed by atoms with Crippen molar-refractivity contribution in [1.82, 2.24) is 20.6 Å². The first-order chi connectivity index (χ1) is 12.1. The van der Waals surface area contributed by atoms with E-state index in [4.69, 9.17) is 11.6 Å². The van der Waals surface area contributed by atoms with Crippen LogP contribution in [0.1, 0.15) is 44.3 Å². The number of H-pyrrole nitrogens is 1. The summed E-state index contributed by atoms with van der Waals surface area (Å²) in [5, 5.41) is 6.48. The molecule has 3 N–H and O–H groups in total. The zero-order valence-corrected chi connectivity index (χ0v) is 14.9. The van der Waals surface area contributed by atoms with E-state index >= 15 is 0 Å². The van der Waals surface area contributed by atoms with Crippen molar-refractivity contribution in [3.8, 4) is 0 Å². The van der Waals surface area contributed by atoms with Gasteiger partial charge in [-0.3, -0.25) is 9.59 Å². The van der Waals surface area contributed by atoms with E-state index in [1.165, 1.54) is 12.8 Å². The molecule has 7 heteroatoms. The molecule has 1 saturated carbocycles. The third kappa shape index (κ3) is 5.19. The Morgan fingerprint density at radius 2 is 1.96 bits per heavy atom. The van der Waals surface area contributed by atoms with Crippen molar-refractivity contribution in [2.75, 3.05) is 6.54 Å². The Labute approximate surface area is 151 Å². The van der Waals surface area contributed by atoms with Gasteiger partial charge in [-0.2, -0.15) is 0 Å². The molecule has 1 fully saturated rings. The van der Waals surface area contributed by atoms with Crippen LogP contribution in [0.4, 0.5) is 0 Å². The van der Waals surface area contributed by atoms with Crippen molar-refractivity contribution in [3.63, 3.8) is 0 Å². The largest absolute Gasteiger partial charge is 0.356 e. The summed E-state index contributed by atoms with van der Waals surface area (Å²) in [7, 11) is 0. The van der Waals surface area contributed by atoms with Gasteiger partial charge < -0.3 is 15.6 Å². The fourth-order valence-electron chi connectivity index (χ4n) is 3.16. The number of benzene rings is 1. The minimum Gasteiger partial charge on any atom is -0.356 e. The lowest BCUT2D eigenvalue weighted by atomic mass is 10.2. The molecule has 2 aromatic rings. The number of hydrogen-bond acceptors (Lipinski definition) is 3. The molecule has 3 rings (SSSR count). The molecule has 0 atom stereocenters. The van der Waals surface area contributed by atoms with Gasteiger partial charge in [0.05, 0.1) is 11.0 Å². The zero-order chi connectivity index (χ0) is 17.6. The minimum absolute atomic E-state index is 0.0313. The van der Waals surface area contributed by atoms with Crippen LogP contribution in [0.3, 0.4) is 0 Å². The van der Waals surface area contributed by atoms with Gasteiger partial charge in [0.15, 0.2) is 0 Å². The first-order valence-corrected chi connectivity index (χ1v) is 9.18. The molecule has 25 heavy (non-hydrogen) atoms. The van der Waals surface area contributed by atoms with E-state index in [1.807, 2.05) is 12.1 Å². The van der Waals surface area contributed by atoms with E-state index in [2.05, 4.69) is 20.6 Å². The maximum absolute atomic E-state index is 11.9. The van der Waals surface area contributed by atoms with E-state index < -0.39 is 0 Å². The number of rotatable bonds is 7. The van der Waals surface area contributed by atoms with Crippen LogP contribution in [0.25, 0.3) is 11.0 Å². The first kappa shape index (κ1) is 17.7. The summed E-state index contributed by atoms with van der Waals surface area (Å²) in [6.45, 7) is 0.483. The zero-order valence-electron chi connectivity index (χ0n) is 14.1. The SMILES string of the molecule is O=C(CCC(=O)NC1CCCC1)NCCc1nc2ccc(Cl)cc2[nH]1. The molecule has 134 valence electrons. The maximum atomic E-state index is 11.9. The summed E-state index contributed by atoms with van der Waals surface area (Å²) >= 11 is 5.95. The number of aromatic amines is 1. The van der Waals surface area contributed by atoms with Gasteiger partial charge >= 0.3 is 0 Å². The van der Waals surface area contributed by atoms with Crippen LogP contribution in [0.5, 0.6) is 0 Å². The van der Waals surface area contributed by atoms with Crippen molar-refractivity contribution < 1.29 is 9.59 Å². The normalized spacial score (nSPS) is 14.8. The summed E-state index contributed by atoms with van der Waals surface area (Å²) in [6, 6.07) is 5.79. The van der Waals surface area contributed by atoms with Crippen molar-refractivity contribution in [1.29, 1.82) is 0 Å². The number of halogens is 1. The molecular formula is C18H23ClN4O2. The number of nitrogens with zero attached hydrogens (tertiary/aromatic N) is 1. The van der Waals surface area contributed by atoms with Crippen molar-refractivity contribution in [3.05, 3.63) is 29.0 Å². The highest BCUT2D eigenvalue weighted by Crippen LogP contribution is 2.18. The number of carbonyl (C=O) groups excluding carboxylic acids is 2. The Hall–Kier alpha value is -2.08. The van der Waals surface area contributed by atoms with Crippen LogP contribution < -0.4 is 10.6 Å². The van der Waals surface area contributed by atoms with Crippen LogP contribution in [0.15, 0.2) is 18.2 Å². The van der Waals surface area contributed by atoms with Gasteiger partial charge in [-0.05, 0) is 31.0 Å². The molecule has 0 unspecified atom stereocenters. The van der Waals surface area contributed by atoms with E-state index in [0.717, 1.165) is 29.7 Å². The molecule has 2 amide bonds. The van der Waals surface area contributed by atoms with E-state index in [0.29, 0.717) is 24.0 Å². The van der Waals surface area contributed by atoms with Gasteiger partial charge in [0, 0.05) is 36.9 Å². The lowest BCUT2D eigenvalue weighted by Gasteiger charge is -2.11. The Kier molecular flexibility index (Phi) is 5.91. The molecule has 0 radical (unpaired) electrons. The van der Waals surface area contributed by atoms with Crippen LogP contribution in [0.2, 0.25) is 5.02 Å². The molecule has 0 bridgehead atoms. The fourth-order valence-corrected chi connectivity index (χ4v) is 3.33. The van der Waals surface area contributed by atoms with Gasteiger partial charge in [-0.25, -0.2) is 4.98 Å². The average molecular weight is 363 g/mol. The summed E-state index contributed by atoms with van der Waals surface area (Å²) in [4.78, 5) is 31.3. The topological polar surface area (TPSA) is 86.9 Å². The number of nitrogens with one attached hydrogen (secondary N) is 3. The van der Waals surface area contributed by atoms with Crippen LogP contribution in [0, 0.1) is 0 Å². The molecule has 1 aliphatic carbocycles. The number of amides is 2. The van der Waals surface area contributed by atoms with Crippen LogP contribution in [-0.2, 0) is 16.0 Å². The molecular weight excluding hydrogens is 340 g/mol. The molecule has 0 aliphatic heterocycles. The Bertz CT molecular complexity index is 753. The number of carbonyl (C=O) groups is 2. The lowest BCUT2D eigenvalue weighted by molar-refractivity contribution is -0.126. The van der Waals surface area contributed by atoms with Crippen LogP contribution >= 0.6 is 11.6 Å². The monoisotopic (exact) mass is 362 g/mol. The third-order valence-electron chi connectivity index (χ3n) is 4.48. The van der Waals surface area contributed by atoms with Crippen molar-refractivity contribution >= 4 is 34.4 Å². The van der Waals surface area contributed by atoms with Gasteiger partial charge in [0.2, 0.25) is 11.8 Å². The Balaban J connectivity index is 1.36. The van der Waals surface area contributed by atoms with Gasteiger partial charge in [0.25, 0.3) is 0 Å². The van der Waals surface area contributed by atoms with Crippen molar-refractivity contribution in [2.45, 2.75) is 51.0 Å². The molecule has 1 heterocycles. The average Bonchev–Trinajstić information content (AvgIpc) is 3.21. The van der Waals surface area contributed by atoms with Gasteiger partial charge in [0.1, 0.15) is 5.82 Å². The van der Waals surface area contributed by atoms with E-state index in [1.54, 1.807) is 6.07 Å². The lowest BCUT2D eigenvalue weighted by Crippen LogP contribution is -2.34. The smallest absolute Gasteiger partial charge is 0.220 e. The quantitative estimate of drug-likeness (QED) is 0.707. The van der Waals surface area contributed by atoms with Crippen molar-refractivity contribution in [2.24, 2.45) is 0 Å². The highest BCUT2D eigenvalue weighted by atomic mass is 35.5. The molecule has 0 spiro atoms. The van der Waals surface area contributed by atoms with E-state index in [9.17, 15) is 9.59 Å². The fraction of sp³-hybridized carbons (Fsp3) is 0.500. The molecule has 1 aliphatic rings. The molecule has 6 nitrogen and oxygen atoms in total. The molecule has 1 aromatic heterocycles.